The Balaban J connectivity index is 1.42. The maximum atomic E-state index is 12.0. The second-order valence-corrected chi connectivity index (χ2v) is 8.96. The third kappa shape index (κ3) is 7.21. The molecule has 0 aliphatic rings. The van der Waals surface area contributed by atoms with Crippen LogP contribution in [0.25, 0.3) is 17.0 Å². The van der Waals surface area contributed by atoms with Crippen LogP contribution in [-0.2, 0) is 19.6 Å². The zero-order valence-corrected chi connectivity index (χ0v) is 17.9. The molecule has 3 N–H and O–H groups in total. The topological polar surface area (TPSA) is 117 Å². The van der Waals surface area contributed by atoms with Gasteiger partial charge < -0.3 is 0 Å². The number of aromatic nitrogens is 1. The molecule has 1 aromatic heterocycles. The van der Waals surface area contributed by atoms with Gasteiger partial charge in [-0.1, -0.05) is 48.5 Å². The summed E-state index contributed by atoms with van der Waals surface area (Å²) in [7, 11) is -3.80. The van der Waals surface area contributed by atoms with Crippen LogP contribution in [-0.4, -0.2) is 37.5 Å². The molecule has 2 aromatic carbocycles. The summed E-state index contributed by atoms with van der Waals surface area (Å²) in [6, 6.07) is 18.3. The molecule has 160 valence electrons. The Labute approximate surface area is 184 Å². The van der Waals surface area contributed by atoms with E-state index in [4.69, 9.17) is 0 Å². The molecule has 0 aliphatic carbocycles. The maximum Gasteiger partial charge on any atom is 0.253 e. The molecule has 0 radical (unpaired) electrons. The summed E-state index contributed by atoms with van der Waals surface area (Å²) in [6.45, 7) is -0.512. The van der Waals surface area contributed by atoms with Gasteiger partial charge in [-0.3, -0.25) is 25.4 Å². The van der Waals surface area contributed by atoms with Crippen molar-refractivity contribution >= 4 is 50.6 Å². The van der Waals surface area contributed by atoms with Crippen molar-refractivity contribution in [2.45, 2.75) is 4.90 Å². The fourth-order valence-corrected chi connectivity index (χ4v) is 4.11. The zero-order valence-electron chi connectivity index (χ0n) is 16.3. The van der Waals surface area contributed by atoms with Crippen LogP contribution < -0.4 is 15.6 Å². The van der Waals surface area contributed by atoms with Gasteiger partial charge in [0.25, 0.3) is 5.91 Å². The van der Waals surface area contributed by atoms with Crippen molar-refractivity contribution in [3.63, 3.8) is 0 Å². The average Bonchev–Trinajstić information content (AvgIpc) is 2.79. The van der Waals surface area contributed by atoms with Crippen molar-refractivity contribution in [2.24, 2.45) is 0 Å². The number of pyridine rings is 1. The summed E-state index contributed by atoms with van der Waals surface area (Å²) in [5, 5.41) is 1.94. The van der Waals surface area contributed by atoms with Crippen LogP contribution in [0.2, 0.25) is 0 Å². The predicted molar refractivity (Wildman–Crippen MR) is 121 cm³/mol. The van der Waals surface area contributed by atoms with E-state index in [9.17, 15) is 18.0 Å². The van der Waals surface area contributed by atoms with Gasteiger partial charge in [0.15, 0.2) is 0 Å². The standard InChI is InChI=1S/C21H20N4O4S2/c26-19(14-23-31(28,29)13-11-16-6-2-1-3-7-16)24-25-20(27)15-30-18-10-4-8-17-9-5-12-22-21(17)18/h1-13,23H,14-15H2,(H,24,26)(H,25,27). The Kier molecular flexibility index (Phi) is 7.76. The third-order valence-corrected chi connectivity index (χ3v) is 6.06. The zero-order chi connectivity index (χ0) is 22.1. The predicted octanol–water partition coefficient (Wildman–Crippen LogP) is 2.06. The van der Waals surface area contributed by atoms with Crippen molar-refractivity contribution < 1.29 is 18.0 Å². The minimum absolute atomic E-state index is 0.0571. The number of hydrazine groups is 1. The Morgan fingerprint density at radius 3 is 2.48 bits per heavy atom. The van der Waals surface area contributed by atoms with Gasteiger partial charge in [-0.2, -0.15) is 0 Å². The Bertz CT molecular complexity index is 1190. The number of amides is 2. The highest BCUT2D eigenvalue weighted by atomic mass is 32.2. The van der Waals surface area contributed by atoms with Gasteiger partial charge in [0, 0.05) is 21.9 Å². The number of carbonyl (C=O) groups excluding carboxylic acids is 2. The SMILES string of the molecule is O=C(CNS(=O)(=O)C=Cc1ccccc1)NNC(=O)CSc1cccc2cccnc12. The molecule has 3 aromatic rings. The lowest BCUT2D eigenvalue weighted by molar-refractivity contribution is -0.126. The number of sulfonamides is 1. The van der Waals surface area contributed by atoms with E-state index in [2.05, 4.69) is 20.6 Å². The number of nitrogens with one attached hydrogen (secondary N) is 3. The van der Waals surface area contributed by atoms with Gasteiger partial charge in [0.1, 0.15) is 0 Å². The van der Waals surface area contributed by atoms with Gasteiger partial charge in [-0.15, -0.1) is 11.8 Å². The van der Waals surface area contributed by atoms with Crippen LogP contribution in [0.1, 0.15) is 5.56 Å². The van der Waals surface area contributed by atoms with E-state index < -0.39 is 28.4 Å². The average molecular weight is 457 g/mol. The highest BCUT2D eigenvalue weighted by molar-refractivity contribution is 8.00. The summed E-state index contributed by atoms with van der Waals surface area (Å²) in [5.74, 6) is -1.07. The van der Waals surface area contributed by atoms with Crippen LogP contribution in [0.15, 0.2) is 77.2 Å². The number of benzene rings is 2. The van der Waals surface area contributed by atoms with Gasteiger partial charge in [-0.25, -0.2) is 13.1 Å². The summed E-state index contributed by atoms with van der Waals surface area (Å²) in [5.41, 5.74) is 5.95. The Morgan fingerprint density at radius 2 is 1.68 bits per heavy atom. The Hall–Kier alpha value is -3.21. The fraction of sp³-hybridized carbons (Fsp3) is 0.0952. The molecule has 0 aliphatic heterocycles. The molecule has 31 heavy (non-hydrogen) atoms. The van der Waals surface area contributed by atoms with E-state index in [0.29, 0.717) is 5.56 Å². The van der Waals surface area contributed by atoms with E-state index in [0.717, 1.165) is 21.2 Å². The number of hydrogen-bond acceptors (Lipinski definition) is 6. The van der Waals surface area contributed by atoms with Crippen LogP contribution >= 0.6 is 11.8 Å². The highest BCUT2D eigenvalue weighted by Crippen LogP contribution is 2.25. The van der Waals surface area contributed by atoms with Gasteiger partial charge in [0.05, 0.1) is 17.8 Å². The van der Waals surface area contributed by atoms with Crippen LogP contribution in [0.3, 0.4) is 0 Å². The van der Waals surface area contributed by atoms with Gasteiger partial charge in [0.2, 0.25) is 15.9 Å². The molecular formula is C21H20N4O4S2. The molecule has 0 bridgehead atoms. The first-order valence-corrected chi connectivity index (χ1v) is 11.7. The van der Waals surface area contributed by atoms with Crippen molar-refractivity contribution in [1.29, 1.82) is 0 Å². The Morgan fingerprint density at radius 1 is 0.935 bits per heavy atom. The summed E-state index contributed by atoms with van der Waals surface area (Å²) >= 11 is 1.29. The molecular weight excluding hydrogens is 436 g/mol. The molecule has 1 heterocycles. The van der Waals surface area contributed by atoms with Crippen molar-refractivity contribution in [2.75, 3.05) is 12.3 Å². The van der Waals surface area contributed by atoms with E-state index in [1.54, 1.807) is 30.5 Å². The van der Waals surface area contributed by atoms with Crippen LogP contribution in [0.4, 0.5) is 0 Å². The number of thioether (sulfide) groups is 1. The minimum atomic E-state index is -3.80. The third-order valence-electron chi connectivity index (χ3n) is 3.97. The molecule has 0 fully saturated rings. The van der Waals surface area contributed by atoms with Gasteiger partial charge in [-0.05, 0) is 23.8 Å². The normalized spacial score (nSPS) is 11.5. The lowest BCUT2D eigenvalue weighted by Crippen LogP contribution is -2.46. The number of para-hydroxylation sites is 1. The summed E-state index contributed by atoms with van der Waals surface area (Å²) < 4.78 is 26.0. The molecule has 0 atom stereocenters. The smallest absolute Gasteiger partial charge is 0.253 e. The highest BCUT2D eigenvalue weighted by Gasteiger charge is 2.11. The first-order chi connectivity index (χ1) is 14.9. The molecule has 0 saturated carbocycles. The second kappa shape index (κ2) is 10.7. The monoisotopic (exact) mass is 456 g/mol. The van der Waals surface area contributed by atoms with E-state index in [1.807, 2.05) is 36.4 Å². The first-order valence-electron chi connectivity index (χ1n) is 9.20. The van der Waals surface area contributed by atoms with Crippen molar-refractivity contribution in [1.82, 2.24) is 20.6 Å². The first kappa shape index (κ1) is 22.5. The number of nitrogens with zero attached hydrogens (tertiary/aromatic N) is 1. The van der Waals surface area contributed by atoms with Crippen LogP contribution in [0.5, 0.6) is 0 Å². The van der Waals surface area contributed by atoms with E-state index in [1.165, 1.54) is 17.8 Å². The maximum absolute atomic E-state index is 12.0. The molecule has 0 saturated heterocycles. The number of fused-ring (bicyclic) bond motifs is 1. The molecule has 8 nitrogen and oxygen atoms in total. The fourth-order valence-electron chi connectivity index (χ4n) is 2.50. The lowest BCUT2D eigenvalue weighted by Gasteiger charge is -2.08. The molecule has 2 amide bonds. The van der Waals surface area contributed by atoms with Crippen molar-refractivity contribution in [3.05, 3.63) is 77.8 Å². The van der Waals surface area contributed by atoms with E-state index >= 15 is 0 Å². The largest absolute Gasteiger partial charge is 0.272 e. The lowest BCUT2D eigenvalue weighted by atomic mass is 10.2. The minimum Gasteiger partial charge on any atom is -0.272 e. The van der Waals surface area contributed by atoms with Crippen LogP contribution in [0, 0.1) is 0 Å². The van der Waals surface area contributed by atoms with Crippen molar-refractivity contribution in [3.8, 4) is 0 Å². The number of hydrogen-bond donors (Lipinski definition) is 3. The van der Waals surface area contributed by atoms with Gasteiger partial charge >= 0.3 is 0 Å². The molecule has 0 unspecified atom stereocenters. The number of rotatable bonds is 8. The second-order valence-electron chi connectivity index (χ2n) is 6.30. The summed E-state index contributed by atoms with van der Waals surface area (Å²) in [6.07, 6.45) is 3.10. The van der Waals surface area contributed by atoms with E-state index in [-0.39, 0.29) is 5.75 Å². The molecule has 0 spiro atoms. The molecule has 10 heteroatoms. The summed E-state index contributed by atoms with van der Waals surface area (Å²) in [4.78, 5) is 29.0. The molecule has 3 rings (SSSR count). The quantitative estimate of drug-likeness (QED) is 0.353. The number of carbonyl (C=O) groups is 2.